The number of hydrogen-bond acceptors (Lipinski definition) is 4. The molecule has 0 aromatic heterocycles. The summed E-state index contributed by atoms with van der Waals surface area (Å²) in [5.74, 6) is -0.0618. The Balaban J connectivity index is 1.34. The first kappa shape index (κ1) is 21.2. The van der Waals surface area contributed by atoms with Crippen molar-refractivity contribution in [1.82, 2.24) is 0 Å². The van der Waals surface area contributed by atoms with E-state index < -0.39 is 0 Å². The molecule has 1 saturated heterocycles. The van der Waals surface area contributed by atoms with Gasteiger partial charge in [-0.2, -0.15) is 0 Å². The van der Waals surface area contributed by atoms with E-state index in [0.717, 1.165) is 16.7 Å². The van der Waals surface area contributed by atoms with Crippen molar-refractivity contribution in [3.05, 3.63) is 107 Å². The summed E-state index contributed by atoms with van der Waals surface area (Å²) in [6.07, 6.45) is 4.27. The van der Waals surface area contributed by atoms with Crippen LogP contribution < -0.4 is 14.4 Å². The molecular weight excluding hydrogens is 450 g/mol. The van der Waals surface area contributed by atoms with Crippen molar-refractivity contribution in [1.29, 1.82) is 0 Å². The van der Waals surface area contributed by atoms with E-state index in [0.29, 0.717) is 17.2 Å². The zero-order chi connectivity index (χ0) is 24.6. The van der Waals surface area contributed by atoms with E-state index >= 15 is 0 Å². The third kappa shape index (κ3) is 2.95. The number of amides is 2. The van der Waals surface area contributed by atoms with E-state index in [1.165, 1.54) is 21.6 Å². The van der Waals surface area contributed by atoms with Crippen LogP contribution in [-0.2, 0) is 9.59 Å². The Morgan fingerprint density at radius 2 is 1.25 bits per heavy atom. The molecule has 2 bridgehead atoms. The molecule has 2 heterocycles. The van der Waals surface area contributed by atoms with E-state index in [4.69, 9.17) is 9.47 Å². The van der Waals surface area contributed by atoms with E-state index in [-0.39, 0.29) is 42.3 Å². The van der Waals surface area contributed by atoms with Crippen LogP contribution in [0.15, 0.2) is 84.5 Å². The highest BCUT2D eigenvalue weighted by atomic mass is 16.7. The van der Waals surface area contributed by atoms with Crippen LogP contribution in [0, 0.1) is 37.5 Å². The molecule has 2 amide bonds. The Labute approximate surface area is 209 Å². The maximum absolute atomic E-state index is 13.8. The lowest BCUT2D eigenvalue weighted by Gasteiger charge is -2.22. The summed E-state index contributed by atoms with van der Waals surface area (Å²) in [6, 6.07) is 22.3. The molecule has 5 heteroatoms. The molecule has 4 aliphatic rings. The fourth-order valence-electron chi connectivity index (χ4n) is 6.32. The second-order valence-electron chi connectivity index (χ2n) is 10.1. The van der Waals surface area contributed by atoms with E-state index in [9.17, 15) is 9.59 Å². The monoisotopic (exact) mass is 475 g/mol. The normalized spacial score (nSPS) is 25.2. The summed E-state index contributed by atoms with van der Waals surface area (Å²) in [6.45, 7) is 4.31. The predicted octanol–water partition coefficient (Wildman–Crippen LogP) is 5.46. The average molecular weight is 476 g/mol. The van der Waals surface area contributed by atoms with Crippen LogP contribution in [0.3, 0.4) is 0 Å². The number of rotatable bonds is 3. The maximum Gasteiger partial charge on any atom is 0.238 e. The molecule has 0 N–H and O–H groups in total. The van der Waals surface area contributed by atoms with Gasteiger partial charge in [0.05, 0.1) is 17.5 Å². The number of anilines is 1. The second kappa shape index (κ2) is 7.69. The first-order valence-electron chi connectivity index (χ1n) is 12.4. The van der Waals surface area contributed by atoms with Crippen LogP contribution in [0.2, 0.25) is 0 Å². The number of imide groups is 1. The van der Waals surface area contributed by atoms with Gasteiger partial charge in [0.1, 0.15) is 0 Å². The lowest BCUT2D eigenvalue weighted by molar-refractivity contribution is -0.122. The van der Waals surface area contributed by atoms with Crippen molar-refractivity contribution in [2.75, 3.05) is 11.7 Å². The summed E-state index contributed by atoms with van der Waals surface area (Å²) >= 11 is 0. The molecule has 3 aromatic carbocycles. The average Bonchev–Trinajstić information content (AvgIpc) is 3.64. The van der Waals surface area contributed by atoms with E-state index in [2.05, 4.69) is 74.5 Å². The zero-order valence-corrected chi connectivity index (χ0v) is 20.1. The van der Waals surface area contributed by atoms with Gasteiger partial charge in [-0.25, -0.2) is 4.90 Å². The number of benzene rings is 3. The molecule has 3 aromatic rings. The lowest BCUT2D eigenvalue weighted by atomic mass is 9.85. The van der Waals surface area contributed by atoms with Gasteiger partial charge in [-0.3, -0.25) is 9.59 Å². The van der Waals surface area contributed by atoms with Crippen molar-refractivity contribution in [3.8, 4) is 11.5 Å². The highest BCUT2D eigenvalue weighted by Gasteiger charge is 2.62. The van der Waals surface area contributed by atoms with Gasteiger partial charge in [-0.05, 0) is 48.3 Å². The third-order valence-electron chi connectivity index (χ3n) is 8.00. The van der Waals surface area contributed by atoms with Gasteiger partial charge in [0.2, 0.25) is 18.6 Å². The van der Waals surface area contributed by atoms with Crippen molar-refractivity contribution >= 4 is 23.1 Å². The third-order valence-corrected chi connectivity index (χ3v) is 8.00. The molecule has 0 unspecified atom stereocenters. The molecule has 2 fully saturated rings. The molecule has 5 nitrogen and oxygen atoms in total. The molecule has 7 rings (SSSR count). The molecule has 2 aliphatic heterocycles. The predicted molar refractivity (Wildman–Crippen MR) is 137 cm³/mol. The van der Waals surface area contributed by atoms with Gasteiger partial charge in [0.25, 0.3) is 0 Å². The van der Waals surface area contributed by atoms with Gasteiger partial charge in [-0.1, -0.05) is 71.8 Å². The minimum atomic E-state index is -0.390. The number of aryl methyl sites for hydroxylation is 2. The van der Waals surface area contributed by atoms with Gasteiger partial charge >= 0.3 is 0 Å². The fourth-order valence-corrected chi connectivity index (χ4v) is 6.32. The zero-order valence-electron chi connectivity index (χ0n) is 20.1. The largest absolute Gasteiger partial charge is 0.454 e. The lowest BCUT2D eigenvalue weighted by Crippen LogP contribution is -2.33. The van der Waals surface area contributed by atoms with Crippen LogP contribution in [0.4, 0.5) is 5.69 Å². The van der Waals surface area contributed by atoms with Crippen LogP contribution in [-0.4, -0.2) is 18.6 Å². The van der Waals surface area contributed by atoms with Gasteiger partial charge in [0, 0.05) is 17.9 Å². The van der Waals surface area contributed by atoms with Crippen LogP contribution in [0.5, 0.6) is 11.5 Å². The summed E-state index contributed by atoms with van der Waals surface area (Å²) in [7, 11) is 0. The Bertz CT molecular complexity index is 1400. The van der Waals surface area contributed by atoms with Gasteiger partial charge in [0.15, 0.2) is 11.5 Å². The Morgan fingerprint density at radius 3 is 1.81 bits per heavy atom. The first-order valence-corrected chi connectivity index (χ1v) is 12.4. The van der Waals surface area contributed by atoms with Crippen molar-refractivity contribution < 1.29 is 19.1 Å². The highest BCUT2D eigenvalue weighted by Crippen LogP contribution is 2.59. The maximum atomic E-state index is 13.8. The standard InChI is InChI=1S/C31H25NO4/c1-17-3-7-19(8-4-17)26(20-9-5-18(2)6-10-20)27-22-12-13-23(27)29-28(22)30(33)32(31(29)34)21-11-14-24-25(15-21)36-16-35-24/h3-15,22-23,28-29H,16H2,1-2H3/t22-,23-,28-,29+/m1/s1. The first-order chi connectivity index (χ1) is 17.5. The Hall–Kier alpha value is -4.12. The highest BCUT2D eigenvalue weighted by molar-refractivity contribution is 6.23. The summed E-state index contributed by atoms with van der Waals surface area (Å²) in [5.41, 5.74) is 7.49. The summed E-state index contributed by atoms with van der Waals surface area (Å²) in [4.78, 5) is 28.9. The molecule has 2 aliphatic carbocycles. The number of carbonyl (C=O) groups is 2. The number of ether oxygens (including phenoxy) is 2. The topological polar surface area (TPSA) is 55.8 Å². The smallest absolute Gasteiger partial charge is 0.238 e. The van der Waals surface area contributed by atoms with Crippen LogP contribution in [0.1, 0.15) is 22.3 Å². The quantitative estimate of drug-likeness (QED) is 0.373. The van der Waals surface area contributed by atoms with Crippen LogP contribution >= 0.6 is 0 Å². The molecular formula is C31H25NO4. The number of nitrogens with zero attached hydrogens (tertiary/aromatic N) is 1. The number of hydrogen-bond donors (Lipinski definition) is 0. The van der Waals surface area contributed by atoms with Crippen molar-refractivity contribution in [2.24, 2.45) is 23.7 Å². The number of carbonyl (C=O) groups excluding carboxylic acids is 2. The molecule has 1 saturated carbocycles. The molecule has 178 valence electrons. The van der Waals surface area contributed by atoms with Crippen molar-refractivity contribution in [3.63, 3.8) is 0 Å². The van der Waals surface area contributed by atoms with Gasteiger partial charge < -0.3 is 9.47 Å². The number of fused-ring (bicyclic) bond motifs is 6. The minimum Gasteiger partial charge on any atom is -0.454 e. The summed E-state index contributed by atoms with van der Waals surface area (Å²) in [5, 5.41) is 0. The molecule has 36 heavy (non-hydrogen) atoms. The van der Waals surface area contributed by atoms with Gasteiger partial charge in [-0.15, -0.1) is 0 Å². The van der Waals surface area contributed by atoms with E-state index in [1.54, 1.807) is 18.2 Å². The molecule has 0 spiro atoms. The Kier molecular flexibility index (Phi) is 4.53. The van der Waals surface area contributed by atoms with Crippen LogP contribution in [0.25, 0.3) is 5.57 Å². The molecule has 0 radical (unpaired) electrons. The second-order valence-corrected chi connectivity index (χ2v) is 10.1. The SMILES string of the molecule is Cc1ccc(C(=C2[C@H]3C=C[C@H]2[C@H]2C(=O)N(c4ccc5c(c4)OCO5)C(=O)[C@H]23)c2ccc(C)cc2)cc1. The molecule has 4 atom stereocenters. The minimum absolute atomic E-state index is 0.104. The van der Waals surface area contributed by atoms with E-state index in [1.807, 2.05) is 0 Å². The number of allylic oxidation sites excluding steroid dienone is 3. The Morgan fingerprint density at radius 1 is 0.722 bits per heavy atom. The van der Waals surface area contributed by atoms with Crippen molar-refractivity contribution in [2.45, 2.75) is 13.8 Å². The summed E-state index contributed by atoms with van der Waals surface area (Å²) < 4.78 is 10.9. The fraction of sp³-hybridized carbons (Fsp3) is 0.226.